The highest BCUT2D eigenvalue weighted by atomic mass is 32.2. The van der Waals surface area contributed by atoms with Gasteiger partial charge in [-0.05, 0) is 51.4 Å². The summed E-state index contributed by atoms with van der Waals surface area (Å²) in [4.78, 5) is 12.7. The van der Waals surface area contributed by atoms with Gasteiger partial charge < -0.3 is 25.2 Å². The van der Waals surface area contributed by atoms with Crippen LogP contribution in [-0.2, 0) is 22.6 Å². The molecule has 1 saturated heterocycles. The first kappa shape index (κ1) is 30.5. The van der Waals surface area contributed by atoms with Crippen LogP contribution in [0.3, 0.4) is 0 Å². The summed E-state index contributed by atoms with van der Waals surface area (Å²) in [5, 5.41) is 28.4. The molecule has 1 aliphatic rings. The largest absolute Gasteiger partial charge is 0.392 e. The van der Waals surface area contributed by atoms with E-state index in [2.05, 4.69) is 33.1 Å². The number of amides is 2. The smallest absolute Gasteiger partial charge is 0.319 e. The predicted octanol–water partition coefficient (Wildman–Crippen LogP) is 6.06. The second-order valence-electron chi connectivity index (χ2n) is 10.8. The molecule has 3 N–H and O–H groups in total. The summed E-state index contributed by atoms with van der Waals surface area (Å²) in [5.41, 5.74) is 5.12. The zero-order valence-electron chi connectivity index (χ0n) is 24.7. The zero-order chi connectivity index (χ0) is 31.0. The van der Waals surface area contributed by atoms with Crippen molar-refractivity contribution < 1.29 is 19.4 Å². The number of aliphatic hydroxyl groups is 1. The number of aliphatic hydroxyl groups excluding tert-OH is 1. The molecule has 0 saturated carbocycles. The first-order valence-corrected chi connectivity index (χ1v) is 15.7. The fourth-order valence-corrected chi connectivity index (χ4v) is 6.24. The van der Waals surface area contributed by atoms with Crippen LogP contribution in [0.25, 0.3) is 5.69 Å². The van der Waals surface area contributed by atoms with Crippen LogP contribution in [0, 0.1) is 5.92 Å². The average molecular weight is 623 g/mol. The summed E-state index contributed by atoms with van der Waals surface area (Å²) in [7, 11) is 0. The number of carbonyl (C=O) groups is 1. The van der Waals surface area contributed by atoms with E-state index in [0.29, 0.717) is 23.1 Å². The number of anilines is 1. The van der Waals surface area contributed by atoms with Gasteiger partial charge in [0.15, 0.2) is 6.29 Å². The summed E-state index contributed by atoms with van der Waals surface area (Å²) >= 11 is 1.52. The maximum atomic E-state index is 12.7. The highest BCUT2D eigenvalue weighted by molar-refractivity contribution is 7.99. The van der Waals surface area contributed by atoms with Crippen LogP contribution in [0.5, 0.6) is 0 Å². The van der Waals surface area contributed by atoms with Gasteiger partial charge in [-0.3, -0.25) is 0 Å². The molecule has 5 aromatic rings. The van der Waals surface area contributed by atoms with Gasteiger partial charge in [0.2, 0.25) is 5.16 Å². The second-order valence-corrected chi connectivity index (χ2v) is 11.7. The van der Waals surface area contributed by atoms with Gasteiger partial charge in [0, 0.05) is 29.5 Å². The lowest BCUT2D eigenvalue weighted by molar-refractivity contribution is -0.268. The van der Waals surface area contributed by atoms with Crippen molar-refractivity contribution in [1.82, 2.24) is 25.5 Å². The Bertz CT molecular complexity index is 1690. The molecule has 0 unspecified atom stereocenters. The lowest BCUT2D eigenvalue weighted by Crippen LogP contribution is -2.38. The number of hydrogen-bond acceptors (Lipinski definition) is 8. The number of aromatic nitrogens is 4. The summed E-state index contributed by atoms with van der Waals surface area (Å²) in [6.07, 6.45) is -1.19. The van der Waals surface area contributed by atoms with Crippen molar-refractivity contribution in [2.45, 2.75) is 43.7 Å². The molecule has 0 radical (unpaired) electrons. The molecule has 2 heterocycles. The number of tetrazole rings is 1. The Morgan fingerprint density at radius 3 is 2.40 bits per heavy atom. The Morgan fingerprint density at radius 2 is 1.64 bits per heavy atom. The normalized spacial score (nSPS) is 19.6. The van der Waals surface area contributed by atoms with Gasteiger partial charge in [0.1, 0.15) is 0 Å². The van der Waals surface area contributed by atoms with E-state index in [0.717, 1.165) is 27.9 Å². The maximum Gasteiger partial charge on any atom is 0.319 e. The molecule has 4 atom stereocenters. The van der Waals surface area contributed by atoms with Gasteiger partial charge in [0.05, 0.1) is 24.5 Å². The zero-order valence-corrected chi connectivity index (χ0v) is 25.5. The van der Waals surface area contributed by atoms with Crippen molar-refractivity contribution in [3.05, 3.63) is 131 Å². The van der Waals surface area contributed by atoms with E-state index in [-0.39, 0.29) is 30.8 Å². The van der Waals surface area contributed by atoms with Crippen molar-refractivity contribution in [2.24, 2.45) is 5.92 Å². The van der Waals surface area contributed by atoms with Crippen LogP contribution >= 0.6 is 11.8 Å². The number of thioether (sulfide) groups is 1. The third kappa shape index (κ3) is 7.58. The first-order chi connectivity index (χ1) is 22.1. The van der Waals surface area contributed by atoms with Crippen molar-refractivity contribution in [1.29, 1.82) is 0 Å². The van der Waals surface area contributed by atoms with Gasteiger partial charge in [-0.15, -0.1) is 5.10 Å². The number of urea groups is 1. The van der Waals surface area contributed by atoms with Crippen LogP contribution in [-0.4, -0.2) is 43.2 Å². The van der Waals surface area contributed by atoms with Crippen molar-refractivity contribution >= 4 is 23.5 Å². The quantitative estimate of drug-likeness (QED) is 0.161. The Hall–Kier alpha value is -4.55. The summed E-state index contributed by atoms with van der Waals surface area (Å²) < 4.78 is 14.9. The minimum absolute atomic E-state index is 0.0140. The van der Waals surface area contributed by atoms with Crippen molar-refractivity contribution in [2.75, 3.05) is 11.1 Å². The fraction of sp³-hybridized carbons (Fsp3) is 0.235. The van der Waals surface area contributed by atoms with E-state index in [9.17, 15) is 9.90 Å². The van der Waals surface area contributed by atoms with Crippen LogP contribution in [0.1, 0.15) is 41.6 Å². The lowest BCUT2D eigenvalue weighted by Gasteiger charge is -2.41. The van der Waals surface area contributed by atoms with Gasteiger partial charge in [-0.2, -0.15) is 4.68 Å². The van der Waals surface area contributed by atoms with Crippen molar-refractivity contribution in [3.8, 4) is 5.69 Å². The molecule has 45 heavy (non-hydrogen) atoms. The molecular weight excluding hydrogens is 588 g/mol. The third-order valence-corrected chi connectivity index (χ3v) is 8.66. The van der Waals surface area contributed by atoms with Gasteiger partial charge in [0.25, 0.3) is 0 Å². The van der Waals surface area contributed by atoms with E-state index >= 15 is 0 Å². The third-order valence-electron chi connectivity index (χ3n) is 7.65. The summed E-state index contributed by atoms with van der Waals surface area (Å²) in [5.74, 6) is 0.569. The molecule has 6 rings (SSSR count). The fourth-order valence-electron chi connectivity index (χ4n) is 5.18. The number of rotatable bonds is 10. The minimum Gasteiger partial charge on any atom is -0.392 e. The molecule has 4 aromatic carbocycles. The number of carbonyl (C=O) groups excluding carboxylic acids is 1. The Kier molecular flexibility index (Phi) is 9.81. The molecule has 0 bridgehead atoms. The minimum atomic E-state index is -0.687. The molecule has 1 aliphatic heterocycles. The van der Waals surface area contributed by atoms with E-state index in [4.69, 9.17) is 9.47 Å². The lowest BCUT2D eigenvalue weighted by atomic mass is 9.91. The van der Waals surface area contributed by atoms with E-state index < -0.39 is 6.29 Å². The molecular formula is C34H34N6O4S. The van der Waals surface area contributed by atoms with Crippen LogP contribution < -0.4 is 10.6 Å². The monoisotopic (exact) mass is 622 g/mol. The molecule has 230 valence electrons. The highest BCUT2D eigenvalue weighted by Gasteiger charge is 2.38. The molecule has 11 heteroatoms. The number of nitrogens with one attached hydrogen (secondary N) is 2. The maximum absolute atomic E-state index is 12.7. The average Bonchev–Trinajstić information content (AvgIpc) is 3.57. The van der Waals surface area contributed by atoms with Gasteiger partial charge >= 0.3 is 6.03 Å². The molecule has 10 nitrogen and oxygen atoms in total. The predicted molar refractivity (Wildman–Crippen MR) is 172 cm³/mol. The second kappa shape index (κ2) is 14.5. The standard InChI is InChI=1S/C34H34N6O4S/c1-23-30(22-45-34-37-38-39-40(34)29-13-6-3-7-14-29)43-32(44-31(23)26-17-15-25(21-41)16-18-26)27-11-8-12-28(19-27)36-33(42)35-20-24-9-4-2-5-10-24/h2-19,23,30-32,41H,20-22H2,1H3,(H2,35,36,42)/t23-,30+,31+,32+/m1/s1. The first-order valence-electron chi connectivity index (χ1n) is 14.7. The van der Waals surface area contributed by atoms with Crippen LogP contribution in [0.15, 0.2) is 114 Å². The van der Waals surface area contributed by atoms with Gasteiger partial charge in [-0.1, -0.05) is 104 Å². The van der Waals surface area contributed by atoms with Crippen LogP contribution in [0.4, 0.5) is 10.5 Å². The van der Waals surface area contributed by atoms with Crippen LogP contribution in [0.2, 0.25) is 0 Å². The number of nitrogens with zero attached hydrogens (tertiary/aromatic N) is 4. The Labute approximate surface area is 265 Å². The Balaban J connectivity index is 1.20. The Morgan fingerprint density at radius 1 is 0.889 bits per heavy atom. The summed E-state index contributed by atoms with van der Waals surface area (Å²) in [6.45, 7) is 2.51. The van der Waals surface area contributed by atoms with Gasteiger partial charge in [-0.25, -0.2) is 4.79 Å². The van der Waals surface area contributed by atoms with Crippen molar-refractivity contribution in [3.63, 3.8) is 0 Å². The summed E-state index contributed by atoms with van der Waals surface area (Å²) in [6, 6.07) is 34.5. The SMILES string of the molecule is C[C@@H]1[C@H](CSc2nnnn2-c2ccccc2)O[C@H](c2cccc(NC(=O)NCc3ccccc3)c2)O[C@@H]1c1ccc(CO)cc1. The van der Waals surface area contributed by atoms with E-state index in [1.165, 1.54) is 11.8 Å². The topological polar surface area (TPSA) is 123 Å². The number of benzene rings is 4. The molecule has 0 spiro atoms. The highest BCUT2D eigenvalue weighted by Crippen LogP contribution is 2.43. The molecule has 1 aromatic heterocycles. The molecule has 0 aliphatic carbocycles. The number of hydrogen-bond donors (Lipinski definition) is 3. The molecule has 1 fully saturated rings. The van der Waals surface area contributed by atoms with E-state index in [1.807, 2.05) is 109 Å². The number of ether oxygens (including phenoxy) is 2. The number of para-hydroxylation sites is 1. The van der Waals surface area contributed by atoms with E-state index in [1.54, 1.807) is 4.68 Å². The molecule has 2 amide bonds.